The van der Waals surface area contributed by atoms with E-state index in [1.54, 1.807) is 0 Å². The fraction of sp³-hybridized carbons (Fsp3) is 0. The molecule has 0 atom stereocenters. The van der Waals surface area contributed by atoms with E-state index < -0.39 is 9.17 Å². The van der Waals surface area contributed by atoms with Gasteiger partial charge in [0.25, 0.3) is 0 Å². The van der Waals surface area contributed by atoms with Crippen LogP contribution in [-0.4, -0.2) is 16.0 Å². The molecule has 0 aliphatic rings. The summed E-state index contributed by atoms with van der Waals surface area (Å²) in [5.41, 5.74) is 0. The lowest BCUT2D eigenvalue weighted by Crippen LogP contribution is -2.34. The molecular formula is CH2O4Si-2. The highest BCUT2D eigenvalue weighted by atomic mass is 28.3. The number of carbonyl (C=O) groups is 1. The first-order valence-corrected chi connectivity index (χ1v) is 2.13. The van der Waals surface area contributed by atoms with Crippen LogP contribution in [0.15, 0.2) is 0 Å². The third kappa shape index (κ3) is 33.8. The van der Waals surface area contributed by atoms with E-state index in [2.05, 4.69) is 0 Å². The second-order valence-corrected chi connectivity index (χ2v) is 0.750. The van der Waals surface area contributed by atoms with Gasteiger partial charge in [0.1, 0.15) is 6.79 Å². The molecule has 0 fully saturated rings. The van der Waals surface area contributed by atoms with Crippen LogP contribution in [0.5, 0.6) is 0 Å². The Hall–Kier alpha value is -0.713. The Morgan fingerprint density at radius 2 is 1.33 bits per heavy atom. The van der Waals surface area contributed by atoms with Crippen LogP contribution in [0.25, 0.3) is 0 Å². The van der Waals surface area contributed by atoms with Gasteiger partial charge in [0.2, 0.25) is 0 Å². The van der Waals surface area contributed by atoms with Crippen molar-refractivity contribution in [2.45, 2.75) is 0 Å². The largest absolute Gasteiger partial charge is 0.672 e. The molecule has 0 aromatic rings. The van der Waals surface area contributed by atoms with E-state index in [1.165, 1.54) is 0 Å². The Balaban J connectivity index is 0. The lowest BCUT2D eigenvalue weighted by Gasteiger charge is -1.94. The second-order valence-electron chi connectivity index (χ2n) is 0.250. The van der Waals surface area contributed by atoms with Crippen LogP contribution >= 0.6 is 0 Å². The molecule has 36 valence electrons. The molecule has 0 N–H and O–H groups in total. The fourth-order valence-corrected chi connectivity index (χ4v) is 0. The summed E-state index contributed by atoms with van der Waals surface area (Å²) in [6.45, 7) is 2.00. The first kappa shape index (κ1) is 8.99. The van der Waals surface area contributed by atoms with Crippen LogP contribution in [0.3, 0.4) is 0 Å². The van der Waals surface area contributed by atoms with Crippen molar-refractivity contribution in [3.63, 3.8) is 0 Å². The molecule has 0 unspecified atom stereocenters. The SMILES string of the molecule is C=O.O=[Si]([O-])[O-]. The van der Waals surface area contributed by atoms with Gasteiger partial charge in [-0.3, -0.25) is 0 Å². The lowest BCUT2D eigenvalue weighted by molar-refractivity contribution is -0.354. The van der Waals surface area contributed by atoms with Gasteiger partial charge >= 0.3 is 0 Å². The van der Waals surface area contributed by atoms with Crippen LogP contribution in [0.2, 0.25) is 0 Å². The van der Waals surface area contributed by atoms with Crippen molar-refractivity contribution in [1.82, 2.24) is 0 Å². The van der Waals surface area contributed by atoms with E-state index in [1.807, 2.05) is 6.79 Å². The molecule has 0 aromatic heterocycles. The van der Waals surface area contributed by atoms with Crippen LogP contribution in [-0.2, 0) is 9.26 Å². The molecule has 0 bridgehead atoms. The van der Waals surface area contributed by atoms with Crippen molar-refractivity contribution < 1.29 is 18.8 Å². The van der Waals surface area contributed by atoms with Crippen LogP contribution in [0.1, 0.15) is 0 Å². The van der Waals surface area contributed by atoms with Crippen LogP contribution in [0.4, 0.5) is 0 Å². The monoisotopic (exact) mass is 106 g/mol. The molecule has 0 aromatic carbocycles. The molecule has 4 nitrogen and oxygen atoms in total. The summed E-state index contributed by atoms with van der Waals surface area (Å²) in [7, 11) is -3.63. The minimum absolute atomic E-state index is 2.00. The minimum atomic E-state index is -3.63. The Morgan fingerprint density at radius 3 is 1.33 bits per heavy atom. The topological polar surface area (TPSA) is 80.3 Å². The molecule has 0 saturated carbocycles. The van der Waals surface area contributed by atoms with Gasteiger partial charge in [0.15, 0.2) is 0 Å². The number of hydrogen-bond donors (Lipinski definition) is 0. The highest BCUT2D eigenvalue weighted by Gasteiger charge is 1.29. The minimum Gasteiger partial charge on any atom is -0.672 e. The van der Waals surface area contributed by atoms with Gasteiger partial charge in [0, 0.05) is 9.17 Å². The summed E-state index contributed by atoms with van der Waals surface area (Å²) in [5, 5.41) is 0. The summed E-state index contributed by atoms with van der Waals surface area (Å²) in [6.07, 6.45) is 0. The molecule has 0 rings (SSSR count). The third-order valence-electron chi connectivity index (χ3n) is 0. The molecule has 0 heterocycles. The maximum absolute atomic E-state index is 8.52. The maximum Gasteiger partial charge on any atom is 0.106 e. The summed E-state index contributed by atoms with van der Waals surface area (Å²) in [6, 6.07) is 0. The predicted octanol–water partition coefficient (Wildman–Crippen LogP) is -3.06. The molecule has 6 heavy (non-hydrogen) atoms. The zero-order chi connectivity index (χ0) is 5.58. The molecule has 0 aliphatic heterocycles. The highest BCUT2D eigenvalue weighted by molar-refractivity contribution is 6.17. The van der Waals surface area contributed by atoms with E-state index in [0.717, 1.165) is 0 Å². The van der Waals surface area contributed by atoms with Crippen molar-refractivity contribution in [2.75, 3.05) is 0 Å². The lowest BCUT2D eigenvalue weighted by atomic mass is 11.9. The van der Waals surface area contributed by atoms with Crippen LogP contribution < -0.4 is 9.59 Å². The summed E-state index contributed by atoms with van der Waals surface area (Å²) in [5.74, 6) is 0. The van der Waals surface area contributed by atoms with E-state index >= 15 is 0 Å². The number of hydrogen-bond acceptors (Lipinski definition) is 4. The van der Waals surface area contributed by atoms with E-state index in [-0.39, 0.29) is 0 Å². The Labute approximate surface area is 35.9 Å². The smallest absolute Gasteiger partial charge is 0.106 e. The van der Waals surface area contributed by atoms with Gasteiger partial charge in [-0.2, -0.15) is 0 Å². The quantitative estimate of drug-likeness (QED) is 0.307. The molecule has 0 aliphatic carbocycles. The normalized spacial score (nSPS) is 4.67. The fourth-order valence-electron chi connectivity index (χ4n) is 0. The average Bonchev–Trinajstić information content (AvgIpc) is 1.41. The van der Waals surface area contributed by atoms with Gasteiger partial charge in [-0.1, -0.05) is 0 Å². The Morgan fingerprint density at radius 1 is 1.33 bits per heavy atom. The number of rotatable bonds is 0. The Kier molecular flexibility index (Phi) is 13.3. The first-order chi connectivity index (χ1) is 2.73. The summed E-state index contributed by atoms with van der Waals surface area (Å²) >= 11 is 0. The van der Waals surface area contributed by atoms with Crippen molar-refractivity contribution >= 4 is 16.0 Å². The van der Waals surface area contributed by atoms with E-state index in [4.69, 9.17) is 18.8 Å². The molecule has 0 radical (unpaired) electrons. The molecule has 5 heteroatoms. The molecule has 0 amide bonds. The van der Waals surface area contributed by atoms with Gasteiger partial charge in [-0.25, -0.2) is 0 Å². The third-order valence-corrected chi connectivity index (χ3v) is 0. The molecule has 0 saturated heterocycles. The van der Waals surface area contributed by atoms with Gasteiger partial charge in [-0.15, -0.1) is 0 Å². The van der Waals surface area contributed by atoms with Crippen molar-refractivity contribution in [3.8, 4) is 0 Å². The van der Waals surface area contributed by atoms with Crippen molar-refractivity contribution in [3.05, 3.63) is 0 Å². The van der Waals surface area contributed by atoms with Gasteiger partial charge in [-0.05, 0) is 0 Å². The van der Waals surface area contributed by atoms with Crippen molar-refractivity contribution in [2.24, 2.45) is 0 Å². The Bertz CT molecular complexity index is 38.8. The number of carbonyl (C=O) groups excluding carboxylic acids is 1. The zero-order valence-electron chi connectivity index (χ0n) is 2.84. The maximum atomic E-state index is 8.52. The molecular weight excluding hydrogens is 104 g/mol. The first-order valence-electron chi connectivity index (χ1n) is 0.901. The van der Waals surface area contributed by atoms with Crippen molar-refractivity contribution in [1.29, 1.82) is 0 Å². The van der Waals surface area contributed by atoms with E-state index in [9.17, 15) is 0 Å². The van der Waals surface area contributed by atoms with E-state index in [0.29, 0.717) is 0 Å². The highest BCUT2D eigenvalue weighted by Crippen LogP contribution is 0.990. The summed E-state index contributed by atoms with van der Waals surface area (Å²) < 4.78 is 8.52. The predicted molar refractivity (Wildman–Crippen MR) is 13.6 cm³/mol. The standard InChI is InChI=1S/CH2O.O3Si/c1-2;1-4(2)3/h1H2;/q;-2. The second kappa shape index (κ2) is 8.86. The summed E-state index contributed by atoms with van der Waals surface area (Å²) in [4.78, 5) is 25.0. The van der Waals surface area contributed by atoms with Gasteiger partial charge in [0.05, 0.1) is 0 Å². The average molecular weight is 106 g/mol. The van der Waals surface area contributed by atoms with Gasteiger partial charge < -0.3 is 18.8 Å². The van der Waals surface area contributed by atoms with Crippen LogP contribution in [0, 0.1) is 0 Å². The zero-order valence-corrected chi connectivity index (χ0v) is 3.84. The molecule has 0 spiro atoms.